The molecule has 0 spiro atoms. The van der Waals surface area contributed by atoms with Crippen molar-refractivity contribution in [2.24, 2.45) is 5.92 Å². The largest absolute Gasteiger partial charge is 0.443 e. The Bertz CT molecular complexity index is 790. The number of hydrogen-bond acceptors (Lipinski definition) is 6. The molecular formula is C18H24N2O5S. The van der Waals surface area contributed by atoms with Gasteiger partial charge in [0.25, 0.3) is 10.0 Å². The van der Waals surface area contributed by atoms with E-state index in [-0.39, 0.29) is 11.5 Å². The van der Waals surface area contributed by atoms with Gasteiger partial charge in [0.15, 0.2) is 0 Å². The molecule has 2 atom stereocenters. The Morgan fingerprint density at radius 2 is 1.92 bits per heavy atom. The van der Waals surface area contributed by atoms with Gasteiger partial charge < -0.3 is 9.47 Å². The fourth-order valence-electron chi connectivity index (χ4n) is 2.65. The lowest BCUT2D eigenvalue weighted by Gasteiger charge is -2.36. The number of rotatable bonds is 3. The van der Waals surface area contributed by atoms with Gasteiger partial charge in [0.1, 0.15) is 5.60 Å². The molecule has 0 bridgehead atoms. The first-order chi connectivity index (χ1) is 12.1. The second kappa shape index (κ2) is 7.64. The summed E-state index contributed by atoms with van der Waals surface area (Å²) in [6.45, 7) is 7.11. The van der Waals surface area contributed by atoms with Crippen molar-refractivity contribution in [1.29, 1.82) is 5.26 Å². The molecule has 1 aliphatic rings. The van der Waals surface area contributed by atoms with Gasteiger partial charge in [-0.1, -0.05) is 17.7 Å². The monoisotopic (exact) mass is 380 g/mol. The number of nitrogens with zero attached hydrogens (tertiary/aromatic N) is 2. The van der Waals surface area contributed by atoms with Crippen LogP contribution in [0.25, 0.3) is 0 Å². The Labute approximate surface area is 154 Å². The maximum absolute atomic E-state index is 13.2. The fraction of sp³-hybridized carbons (Fsp3) is 0.556. The van der Waals surface area contributed by atoms with E-state index in [1.54, 1.807) is 32.9 Å². The predicted molar refractivity (Wildman–Crippen MR) is 94.8 cm³/mol. The molecule has 8 heteroatoms. The van der Waals surface area contributed by atoms with Gasteiger partial charge in [-0.25, -0.2) is 13.2 Å². The van der Waals surface area contributed by atoms with E-state index in [2.05, 4.69) is 6.07 Å². The smallest absolute Gasteiger partial charge is 0.424 e. The molecule has 26 heavy (non-hydrogen) atoms. The average Bonchev–Trinajstić information content (AvgIpc) is 2.54. The van der Waals surface area contributed by atoms with Gasteiger partial charge in [0, 0.05) is 6.61 Å². The molecule has 0 aromatic heterocycles. The molecule has 1 aromatic carbocycles. The summed E-state index contributed by atoms with van der Waals surface area (Å²) in [6.07, 6.45) is -0.655. The number of sulfonamides is 1. The Hall–Kier alpha value is -2.11. The highest BCUT2D eigenvalue weighted by Crippen LogP contribution is 2.28. The minimum atomic E-state index is -4.20. The molecule has 142 valence electrons. The Morgan fingerprint density at radius 1 is 1.31 bits per heavy atom. The average molecular weight is 380 g/mol. The number of benzene rings is 1. The molecule has 0 aliphatic carbocycles. The van der Waals surface area contributed by atoms with Crippen LogP contribution >= 0.6 is 0 Å². The SMILES string of the molecule is Cc1ccc(S(=O)(=O)N(C(=O)OC(C)(C)C)[C@@H]2COCC[C@H]2C#N)cc1. The van der Waals surface area contributed by atoms with Gasteiger partial charge in [-0.3, -0.25) is 0 Å². The van der Waals surface area contributed by atoms with Crippen LogP contribution in [0.2, 0.25) is 0 Å². The zero-order valence-electron chi connectivity index (χ0n) is 15.4. The maximum Gasteiger partial charge on any atom is 0.424 e. The first kappa shape index (κ1) is 20.2. The highest BCUT2D eigenvalue weighted by atomic mass is 32.2. The van der Waals surface area contributed by atoms with Crippen LogP contribution in [0.4, 0.5) is 4.79 Å². The number of amides is 1. The Kier molecular flexibility index (Phi) is 5.94. The van der Waals surface area contributed by atoms with Crippen LogP contribution in [0.1, 0.15) is 32.8 Å². The summed E-state index contributed by atoms with van der Waals surface area (Å²) >= 11 is 0. The molecule has 0 unspecified atom stereocenters. The zero-order valence-corrected chi connectivity index (χ0v) is 16.2. The summed E-state index contributed by atoms with van der Waals surface area (Å²) < 4.78 is 37.7. The van der Waals surface area contributed by atoms with Crippen molar-refractivity contribution in [3.8, 4) is 6.07 Å². The highest BCUT2D eigenvalue weighted by Gasteiger charge is 2.43. The third kappa shape index (κ3) is 4.54. The molecule has 0 radical (unpaired) electrons. The Morgan fingerprint density at radius 3 is 2.46 bits per heavy atom. The van der Waals surface area contributed by atoms with Crippen molar-refractivity contribution in [3.63, 3.8) is 0 Å². The minimum Gasteiger partial charge on any atom is -0.443 e. The first-order valence-corrected chi connectivity index (χ1v) is 9.82. The third-order valence-corrected chi connectivity index (χ3v) is 5.75. The summed E-state index contributed by atoms with van der Waals surface area (Å²) in [6, 6.07) is 7.34. The molecule has 0 N–H and O–H groups in total. The van der Waals surface area contributed by atoms with Crippen molar-refractivity contribution in [2.75, 3.05) is 13.2 Å². The Balaban J connectivity index is 2.50. The lowest BCUT2D eigenvalue weighted by molar-refractivity contribution is -0.00139. The lowest BCUT2D eigenvalue weighted by Crippen LogP contribution is -2.53. The topological polar surface area (TPSA) is 96.7 Å². The van der Waals surface area contributed by atoms with Gasteiger partial charge in [-0.15, -0.1) is 0 Å². The molecule has 2 rings (SSSR count). The molecule has 0 saturated carbocycles. The molecular weight excluding hydrogens is 356 g/mol. The quantitative estimate of drug-likeness (QED) is 0.800. The molecule has 1 amide bonds. The minimum absolute atomic E-state index is 0.0313. The van der Waals surface area contributed by atoms with Gasteiger partial charge in [-0.2, -0.15) is 9.57 Å². The van der Waals surface area contributed by atoms with Crippen molar-refractivity contribution in [3.05, 3.63) is 29.8 Å². The molecule has 1 fully saturated rings. The lowest BCUT2D eigenvalue weighted by atomic mass is 9.97. The fourth-order valence-corrected chi connectivity index (χ4v) is 4.15. The van der Waals surface area contributed by atoms with Crippen molar-refractivity contribution >= 4 is 16.1 Å². The van der Waals surface area contributed by atoms with Crippen LogP contribution in [0.15, 0.2) is 29.2 Å². The summed E-state index contributed by atoms with van der Waals surface area (Å²) in [5.74, 6) is -0.656. The summed E-state index contributed by atoms with van der Waals surface area (Å²) in [5.41, 5.74) is 0.0131. The van der Waals surface area contributed by atoms with Crippen LogP contribution in [0, 0.1) is 24.2 Å². The van der Waals surface area contributed by atoms with Crippen LogP contribution in [0.3, 0.4) is 0 Å². The van der Waals surface area contributed by atoms with Crippen LogP contribution in [-0.4, -0.2) is 43.7 Å². The number of nitriles is 1. The second-order valence-electron chi connectivity index (χ2n) is 7.26. The third-order valence-electron chi connectivity index (χ3n) is 3.94. The number of ether oxygens (including phenoxy) is 2. The standard InChI is InChI=1S/C18H24N2O5S/c1-13-5-7-15(8-6-13)26(22,23)20(17(21)25-18(2,3)4)16-12-24-10-9-14(16)11-19/h5-8,14,16H,9-10,12H2,1-4H3/t14-,16+/m0/s1. The molecule has 1 aromatic rings. The predicted octanol–water partition coefficient (Wildman–Crippen LogP) is 2.85. The molecule has 7 nitrogen and oxygen atoms in total. The first-order valence-electron chi connectivity index (χ1n) is 8.38. The van der Waals surface area contributed by atoms with Crippen LogP contribution < -0.4 is 0 Å². The molecule has 1 saturated heterocycles. The van der Waals surface area contributed by atoms with Gasteiger partial charge >= 0.3 is 6.09 Å². The van der Waals surface area contributed by atoms with E-state index >= 15 is 0 Å². The summed E-state index contributed by atoms with van der Waals surface area (Å²) in [4.78, 5) is 12.7. The van der Waals surface area contributed by atoms with E-state index < -0.39 is 33.7 Å². The summed E-state index contributed by atoms with van der Waals surface area (Å²) in [7, 11) is -4.20. The maximum atomic E-state index is 13.2. The molecule has 1 aliphatic heterocycles. The molecule has 1 heterocycles. The highest BCUT2D eigenvalue weighted by molar-refractivity contribution is 7.89. The normalized spacial score (nSPS) is 20.9. The van der Waals surface area contributed by atoms with E-state index in [0.29, 0.717) is 17.3 Å². The van der Waals surface area contributed by atoms with E-state index in [4.69, 9.17) is 9.47 Å². The number of hydrogen-bond donors (Lipinski definition) is 0. The number of carbonyl (C=O) groups is 1. The van der Waals surface area contributed by atoms with Crippen molar-refractivity contribution in [2.45, 2.75) is 50.7 Å². The summed E-state index contributed by atoms with van der Waals surface area (Å²) in [5, 5.41) is 9.42. The van der Waals surface area contributed by atoms with Gasteiger partial charge in [0.05, 0.1) is 29.5 Å². The van der Waals surface area contributed by atoms with E-state index in [0.717, 1.165) is 5.56 Å². The van der Waals surface area contributed by atoms with Gasteiger partial charge in [0.2, 0.25) is 0 Å². The number of aryl methyl sites for hydroxylation is 1. The van der Waals surface area contributed by atoms with Gasteiger partial charge in [-0.05, 0) is 46.2 Å². The second-order valence-corrected chi connectivity index (χ2v) is 9.08. The van der Waals surface area contributed by atoms with E-state index in [9.17, 15) is 18.5 Å². The van der Waals surface area contributed by atoms with E-state index in [1.807, 2.05) is 6.92 Å². The van der Waals surface area contributed by atoms with Crippen LogP contribution in [0.5, 0.6) is 0 Å². The zero-order chi connectivity index (χ0) is 19.5. The van der Waals surface area contributed by atoms with Crippen molar-refractivity contribution < 1.29 is 22.7 Å². The van der Waals surface area contributed by atoms with Crippen LogP contribution in [-0.2, 0) is 19.5 Å². The number of carbonyl (C=O) groups excluding carboxylic acids is 1. The van der Waals surface area contributed by atoms with E-state index in [1.165, 1.54) is 12.1 Å². The van der Waals surface area contributed by atoms with Crippen molar-refractivity contribution in [1.82, 2.24) is 4.31 Å².